The average molecular weight is 224 g/mol. The molecule has 16 heavy (non-hydrogen) atoms. The van der Waals surface area contributed by atoms with Gasteiger partial charge in [0.15, 0.2) is 0 Å². The van der Waals surface area contributed by atoms with Gasteiger partial charge in [-0.2, -0.15) is 6.42 Å². The van der Waals surface area contributed by atoms with Gasteiger partial charge in [0.25, 0.3) is 0 Å². The molecule has 0 fully saturated rings. The number of carboxylic acid groups (broad SMARTS) is 1. The van der Waals surface area contributed by atoms with E-state index in [0.29, 0.717) is 6.61 Å². The molecule has 0 unspecified atom stereocenters. The molecule has 0 saturated carbocycles. The molecular formula is C12H25LiO3. The summed E-state index contributed by atoms with van der Waals surface area (Å²) in [5.41, 5.74) is 0. The van der Waals surface area contributed by atoms with Gasteiger partial charge in [-0.15, -0.1) is 0 Å². The van der Waals surface area contributed by atoms with Gasteiger partial charge in [0.1, 0.15) is 6.61 Å². The van der Waals surface area contributed by atoms with Crippen LogP contribution < -0.4 is 18.9 Å². The van der Waals surface area contributed by atoms with E-state index in [0.717, 1.165) is 19.3 Å². The molecule has 0 aromatic rings. The fourth-order valence-electron chi connectivity index (χ4n) is 0.967. The second kappa shape index (κ2) is 20.4. The van der Waals surface area contributed by atoms with Gasteiger partial charge in [0.2, 0.25) is 0 Å². The molecule has 1 N–H and O–H groups in total. The van der Waals surface area contributed by atoms with E-state index in [1.54, 1.807) is 0 Å². The van der Waals surface area contributed by atoms with E-state index in [1.807, 2.05) is 6.92 Å². The summed E-state index contributed by atoms with van der Waals surface area (Å²) in [5.74, 6) is -0.886. The predicted octanol–water partition coefficient (Wildman–Crippen LogP) is 0.292. The molecule has 0 aromatic heterocycles. The fraction of sp³-hybridized carbons (Fsp3) is 0.833. The van der Waals surface area contributed by atoms with E-state index in [2.05, 4.69) is 13.8 Å². The molecule has 0 aliphatic carbocycles. The number of hydrogen-bond donors (Lipinski definition) is 1. The van der Waals surface area contributed by atoms with Crippen LogP contribution in [0.25, 0.3) is 0 Å². The minimum absolute atomic E-state index is 0. The zero-order valence-electron chi connectivity index (χ0n) is 11.1. The van der Waals surface area contributed by atoms with Crippen molar-refractivity contribution in [1.29, 1.82) is 0 Å². The van der Waals surface area contributed by atoms with Gasteiger partial charge in [0, 0.05) is 6.61 Å². The largest absolute Gasteiger partial charge is 1.00 e. The van der Waals surface area contributed by atoms with Crippen molar-refractivity contribution in [2.45, 2.75) is 52.4 Å². The maximum absolute atomic E-state index is 10.0. The third-order valence-electron chi connectivity index (χ3n) is 1.62. The van der Waals surface area contributed by atoms with Gasteiger partial charge in [-0.05, 0) is 6.42 Å². The van der Waals surface area contributed by atoms with Crippen molar-refractivity contribution in [3.05, 3.63) is 6.92 Å². The van der Waals surface area contributed by atoms with E-state index >= 15 is 0 Å². The first-order valence-corrected chi connectivity index (χ1v) is 5.77. The van der Waals surface area contributed by atoms with Gasteiger partial charge in [0.05, 0.1) is 0 Å². The summed E-state index contributed by atoms with van der Waals surface area (Å²) in [5, 5.41) is 8.23. The topological polar surface area (TPSA) is 46.5 Å². The Kier molecular flexibility index (Phi) is 27.2. The second-order valence-corrected chi connectivity index (χ2v) is 3.36. The Bertz CT molecular complexity index is 129. The summed E-state index contributed by atoms with van der Waals surface area (Å²) >= 11 is 0. The van der Waals surface area contributed by atoms with E-state index in [4.69, 9.17) is 9.84 Å². The molecular weight excluding hydrogens is 199 g/mol. The van der Waals surface area contributed by atoms with Crippen molar-refractivity contribution in [3.63, 3.8) is 0 Å². The van der Waals surface area contributed by atoms with Crippen LogP contribution in [0.5, 0.6) is 0 Å². The third-order valence-corrected chi connectivity index (χ3v) is 1.62. The summed E-state index contributed by atoms with van der Waals surface area (Å²) in [4.78, 5) is 10.0. The summed E-state index contributed by atoms with van der Waals surface area (Å²) in [7, 11) is 0. The van der Waals surface area contributed by atoms with Crippen molar-refractivity contribution in [3.8, 4) is 0 Å². The van der Waals surface area contributed by atoms with Crippen LogP contribution in [0.1, 0.15) is 52.4 Å². The zero-order valence-corrected chi connectivity index (χ0v) is 11.1. The summed E-state index contributed by atoms with van der Waals surface area (Å²) in [6.45, 7) is 8.09. The van der Waals surface area contributed by atoms with Crippen molar-refractivity contribution in [1.82, 2.24) is 0 Å². The van der Waals surface area contributed by atoms with Gasteiger partial charge in [-0.3, -0.25) is 0 Å². The minimum Gasteiger partial charge on any atom is -0.480 e. The molecule has 4 heteroatoms. The maximum Gasteiger partial charge on any atom is 1.00 e. The number of aliphatic carboxylic acids is 1. The monoisotopic (exact) mass is 224 g/mol. The molecule has 0 aliphatic heterocycles. The first kappa shape index (κ1) is 21.3. The molecule has 0 bridgehead atoms. The number of carboxylic acids is 1. The number of ether oxygens (including phenoxy) is 1. The van der Waals surface area contributed by atoms with Crippen molar-refractivity contribution in [2.75, 3.05) is 13.2 Å². The predicted molar refractivity (Wildman–Crippen MR) is 62.9 cm³/mol. The maximum atomic E-state index is 10.0. The summed E-state index contributed by atoms with van der Waals surface area (Å²) < 4.78 is 4.88. The molecule has 0 spiro atoms. The molecule has 3 nitrogen and oxygen atoms in total. The molecule has 0 aromatic carbocycles. The van der Waals surface area contributed by atoms with Crippen LogP contribution in [-0.4, -0.2) is 24.3 Å². The Balaban J connectivity index is -0.000000377. The minimum atomic E-state index is -0.886. The molecule has 0 heterocycles. The Hall–Kier alpha value is 0.0274. The fourth-order valence-corrected chi connectivity index (χ4v) is 0.967. The van der Waals surface area contributed by atoms with Crippen LogP contribution in [0.4, 0.5) is 0 Å². The standard InChI is InChI=1S/C9H18O3.C3H7.Li/c1-2-3-4-5-6-7-12-8-9(10)11;1-3-2;/h2-8H2,1H3,(H,10,11);1,3H2,2H3;/q;-1;+1. The van der Waals surface area contributed by atoms with Crippen LogP contribution in [0.3, 0.4) is 0 Å². The number of unbranched alkanes of at least 4 members (excludes halogenated alkanes) is 4. The van der Waals surface area contributed by atoms with Crippen molar-refractivity contribution in [2.24, 2.45) is 0 Å². The average Bonchev–Trinajstić information content (AvgIpc) is 2.17. The van der Waals surface area contributed by atoms with Gasteiger partial charge >= 0.3 is 24.8 Å². The normalized spacial score (nSPS) is 8.69. The first-order chi connectivity index (χ1) is 7.18. The molecule has 0 rings (SSSR count). The van der Waals surface area contributed by atoms with Gasteiger partial charge in [-0.25, -0.2) is 4.79 Å². The van der Waals surface area contributed by atoms with Crippen molar-refractivity contribution >= 4 is 5.97 Å². The molecule has 0 radical (unpaired) electrons. The zero-order chi connectivity index (χ0) is 11.9. The smallest absolute Gasteiger partial charge is 0.480 e. The van der Waals surface area contributed by atoms with Crippen LogP contribution in [0.15, 0.2) is 0 Å². The summed E-state index contributed by atoms with van der Waals surface area (Å²) in [6, 6.07) is 0. The molecule has 0 amide bonds. The van der Waals surface area contributed by atoms with E-state index in [-0.39, 0.29) is 25.5 Å². The number of rotatable bonds is 8. The Morgan fingerprint density at radius 3 is 2.12 bits per heavy atom. The van der Waals surface area contributed by atoms with E-state index in [1.165, 1.54) is 19.3 Å². The van der Waals surface area contributed by atoms with E-state index in [9.17, 15) is 4.79 Å². The third kappa shape index (κ3) is 29.2. The van der Waals surface area contributed by atoms with Crippen LogP contribution in [-0.2, 0) is 9.53 Å². The molecule has 0 aliphatic rings. The summed E-state index contributed by atoms with van der Waals surface area (Å²) in [6.07, 6.45) is 6.85. The van der Waals surface area contributed by atoms with Crippen molar-refractivity contribution < 1.29 is 33.5 Å². The molecule has 92 valence electrons. The molecule has 0 atom stereocenters. The van der Waals surface area contributed by atoms with Crippen LogP contribution >= 0.6 is 0 Å². The molecule has 0 saturated heterocycles. The second-order valence-electron chi connectivity index (χ2n) is 3.36. The Morgan fingerprint density at radius 2 is 1.69 bits per heavy atom. The van der Waals surface area contributed by atoms with Gasteiger partial charge in [-0.1, -0.05) is 39.5 Å². The van der Waals surface area contributed by atoms with Gasteiger partial charge < -0.3 is 16.8 Å². The SMILES string of the molecule is CCCCCCCOCC(=O)O.[CH2-]CC.[Li+]. The Morgan fingerprint density at radius 1 is 1.19 bits per heavy atom. The van der Waals surface area contributed by atoms with E-state index < -0.39 is 5.97 Å². The number of carbonyl (C=O) groups is 1. The Labute approximate surface area is 112 Å². The van der Waals surface area contributed by atoms with Crippen LogP contribution in [0.2, 0.25) is 0 Å². The first-order valence-electron chi connectivity index (χ1n) is 5.77. The quantitative estimate of drug-likeness (QED) is 0.366. The number of hydrogen-bond acceptors (Lipinski definition) is 2. The van der Waals surface area contributed by atoms with Crippen LogP contribution in [0, 0.1) is 6.92 Å².